The highest BCUT2D eigenvalue weighted by Crippen LogP contribution is 2.23. The standard InChI is InChI=1S/C14H28F4N2O/c1-2-3-4-5-6-7-8-9-12(20-19)10-21-11-14(17,18)13(15)16/h12-13,20H,2-11,19H2,1H3. The van der Waals surface area contributed by atoms with Crippen molar-refractivity contribution < 1.29 is 22.3 Å². The average molecular weight is 316 g/mol. The number of hydrogen-bond donors (Lipinski definition) is 2. The molecule has 0 saturated heterocycles. The predicted octanol–water partition coefficient (Wildman–Crippen LogP) is 3.88. The molecule has 3 N–H and O–H groups in total. The Kier molecular flexibility index (Phi) is 11.9. The summed E-state index contributed by atoms with van der Waals surface area (Å²) in [6.45, 7) is 0.795. The van der Waals surface area contributed by atoms with E-state index in [0.29, 0.717) is 6.42 Å². The van der Waals surface area contributed by atoms with Crippen LogP contribution in [0.3, 0.4) is 0 Å². The molecule has 0 heterocycles. The molecule has 0 bridgehead atoms. The van der Waals surface area contributed by atoms with Gasteiger partial charge in [0, 0.05) is 6.04 Å². The van der Waals surface area contributed by atoms with Gasteiger partial charge in [-0.1, -0.05) is 51.9 Å². The predicted molar refractivity (Wildman–Crippen MR) is 75.5 cm³/mol. The Morgan fingerprint density at radius 3 is 2.14 bits per heavy atom. The third kappa shape index (κ3) is 10.9. The summed E-state index contributed by atoms with van der Waals surface area (Å²) in [5.41, 5.74) is 2.47. The molecule has 0 aromatic carbocycles. The van der Waals surface area contributed by atoms with E-state index in [9.17, 15) is 17.6 Å². The van der Waals surface area contributed by atoms with Crippen molar-refractivity contribution in [3.8, 4) is 0 Å². The van der Waals surface area contributed by atoms with Gasteiger partial charge in [0.2, 0.25) is 0 Å². The van der Waals surface area contributed by atoms with E-state index in [1.807, 2.05) is 0 Å². The van der Waals surface area contributed by atoms with E-state index in [2.05, 4.69) is 17.1 Å². The molecule has 0 aromatic rings. The van der Waals surface area contributed by atoms with Gasteiger partial charge in [0.25, 0.3) is 0 Å². The summed E-state index contributed by atoms with van der Waals surface area (Å²) in [5.74, 6) is 1.20. The lowest BCUT2D eigenvalue weighted by Crippen LogP contribution is -2.40. The van der Waals surface area contributed by atoms with Gasteiger partial charge in [-0.3, -0.25) is 11.3 Å². The van der Waals surface area contributed by atoms with Gasteiger partial charge in [0.15, 0.2) is 0 Å². The summed E-state index contributed by atoms with van der Waals surface area (Å²) in [4.78, 5) is 0. The number of hydrogen-bond acceptors (Lipinski definition) is 3. The van der Waals surface area contributed by atoms with Gasteiger partial charge in [-0.15, -0.1) is 0 Å². The monoisotopic (exact) mass is 316 g/mol. The molecule has 1 unspecified atom stereocenters. The first-order valence-electron chi connectivity index (χ1n) is 7.63. The van der Waals surface area contributed by atoms with Crippen molar-refractivity contribution in [2.45, 2.75) is 76.7 Å². The highest BCUT2D eigenvalue weighted by atomic mass is 19.3. The molecular formula is C14H28F4N2O. The van der Waals surface area contributed by atoms with E-state index in [0.717, 1.165) is 19.3 Å². The molecule has 0 rings (SSSR count). The Morgan fingerprint density at radius 2 is 1.62 bits per heavy atom. The van der Waals surface area contributed by atoms with Gasteiger partial charge >= 0.3 is 12.3 Å². The van der Waals surface area contributed by atoms with Crippen LogP contribution in [0.1, 0.15) is 58.3 Å². The number of alkyl halides is 4. The van der Waals surface area contributed by atoms with E-state index in [-0.39, 0.29) is 12.6 Å². The second-order valence-corrected chi connectivity index (χ2v) is 5.35. The van der Waals surface area contributed by atoms with Crippen LogP contribution in [0.5, 0.6) is 0 Å². The van der Waals surface area contributed by atoms with Crippen molar-refractivity contribution in [3.05, 3.63) is 0 Å². The number of unbranched alkanes of at least 4 members (excludes halogenated alkanes) is 6. The molecule has 7 heteroatoms. The molecule has 0 aliphatic carbocycles. The molecule has 3 nitrogen and oxygen atoms in total. The number of rotatable bonds is 14. The Bertz CT molecular complexity index is 243. The van der Waals surface area contributed by atoms with Crippen LogP contribution in [0, 0.1) is 0 Å². The first kappa shape index (κ1) is 20.6. The maximum absolute atomic E-state index is 12.6. The number of halogens is 4. The summed E-state index contributed by atoms with van der Waals surface area (Å²) >= 11 is 0. The summed E-state index contributed by atoms with van der Waals surface area (Å²) in [6.07, 6.45) is 4.98. The Hall–Kier alpha value is -0.400. The zero-order valence-corrected chi connectivity index (χ0v) is 12.7. The van der Waals surface area contributed by atoms with E-state index in [4.69, 9.17) is 5.84 Å². The van der Waals surface area contributed by atoms with Crippen molar-refractivity contribution in [2.75, 3.05) is 13.2 Å². The first-order valence-corrected chi connectivity index (χ1v) is 7.63. The number of hydrazine groups is 1. The zero-order valence-electron chi connectivity index (χ0n) is 12.7. The fourth-order valence-corrected chi connectivity index (χ4v) is 1.96. The Balaban J connectivity index is 3.63. The minimum atomic E-state index is -4.10. The molecule has 1 atom stereocenters. The van der Waals surface area contributed by atoms with Crippen LogP contribution in [-0.2, 0) is 4.74 Å². The third-order valence-electron chi connectivity index (χ3n) is 3.32. The summed E-state index contributed by atoms with van der Waals surface area (Å²) in [7, 11) is 0. The molecule has 0 aromatic heterocycles. The van der Waals surface area contributed by atoms with Crippen LogP contribution in [-0.4, -0.2) is 31.6 Å². The second kappa shape index (κ2) is 12.2. The molecule has 0 fully saturated rings. The van der Waals surface area contributed by atoms with E-state index < -0.39 is 19.0 Å². The number of nitrogens with two attached hydrogens (primary N) is 1. The largest absolute Gasteiger partial charge is 0.373 e. The van der Waals surface area contributed by atoms with E-state index in [1.165, 1.54) is 25.7 Å². The summed E-state index contributed by atoms with van der Waals surface area (Å²) in [5, 5.41) is 0. The Morgan fingerprint density at radius 1 is 1.05 bits per heavy atom. The Labute approximate surface area is 124 Å². The zero-order chi connectivity index (χ0) is 16.1. The van der Waals surface area contributed by atoms with Crippen molar-refractivity contribution >= 4 is 0 Å². The van der Waals surface area contributed by atoms with Crippen LogP contribution >= 0.6 is 0 Å². The van der Waals surface area contributed by atoms with Crippen LogP contribution in [0.2, 0.25) is 0 Å². The fraction of sp³-hybridized carbons (Fsp3) is 1.00. The lowest BCUT2D eigenvalue weighted by Gasteiger charge is -2.19. The first-order chi connectivity index (χ1) is 9.94. The lowest BCUT2D eigenvalue weighted by atomic mass is 10.1. The molecule has 0 spiro atoms. The summed E-state index contributed by atoms with van der Waals surface area (Å²) in [6, 6.07) is -0.283. The maximum Gasteiger partial charge on any atom is 0.330 e. The lowest BCUT2D eigenvalue weighted by molar-refractivity contribution is -0.167. The number of nitrogens with one attached hydrogen (secondary N) is 1. The van der Waals surface area contributed by atoms with Gasteiger partial charge in [0.05, 0.1) is 6.61 Å². The maximum atomic E-state index is 12.6. The minimum Gasteiger partial charge on any atom is -0.373 e. The molecule has 0 radical (unpaired) electrons. The van der Waals surface area contributed by atoms with Crippen molar-refractivity contribution in [2.24, 2.45) is 5.84 Å². The van der Waals surface area contributed by atoms with Crippen molar-refractivity contribution in [1.82, 2.24) is 5.43 Å². The van der Waals surface area contributed by atoms with Crippen molar-refractivity contribution in [3.63, 3.8) is 0 Å². The SMILES string of the molecule is CCCCCCCCCC(COCC(F)(F)C(F)F)NN. The van der Waals surface area contributed by atoms with Gasteiger partial charge in [-0.05, 0) is 6.42 Å². The fourth-order valence-electron chi connectivity index (χ4n) is 1.96. The molecular weight excluding hydrogens is 288 g/mol. The topological polar surface area (TPSA) is 47.3 Å². The summed E-state index contributed by atoms with van der Waals surface area (Å²) < 4.78 is 53.8. The van der Waals surface area contributed by atoms with Crippen LogP contribution < -0.4 is 11.3 Å². The molecule has 0 saturated carbocycles. The molecule has 21 heavy (non-hydrogen) atoms. The van der Waals surface area contributed by atoms with Gasteiger partial charge in [-0.2, -0.15) is 8.78 Å². The van der Waals surface area contributed by atoms with Crippen LogP contribution in [0.15, 0.2) is 0 Å². The minimum absolute atomic E-state index is 0.0886. The highest BCUT2D eigenvalue weighted by molar-refractivity contribution is 4.69. The highest BCUT2D eigenvalue weighted by Gasteiger charge is 2.41. The molecule has 0 aliphatic rings. The van der Waals surface area contributed by atoms with Crippen LogP contribution in [0.4, 0.5) is 17.6 Å². The normalized spacial score (nSPS) is 13.9. The number of ether oxygens (including phenoxy) is 1. The van der Waals surface area contributed by atoms with Gasteiger partial charge in [0.1, 0.15) is 6.61 Å². The van der Waals surface area contributed by atoms with Crippen molar-refractivity contribution in [1.29, 1.82) is 0 Å². The average Bonchev–Trinajstić information content (AvgIpc) is 2.44. The molecule has 0 aliphatic heterocycles. The molecule has 128 valence electrons. The van der Waals surface area contributed by atoms with Gasteiger partial charge in [-0.25, -0.2) is 8.78 Å². The van der Waals surface area contributed by atoms with E-state index in [1.54, 1.807) is 0 Å². The second-order valence-electron chi connectivity index (χ2n) is 5.35. The quantitative estimate of drug-likeness (QED) is 0.221. The van der Waals surface area contributed by atoms with Crippen LogP contribution in [0.25, 0.3) is 0 Å². The third-order valence-corrected chi connectivity index (χ3v) is 3.32. The smallest absolute Gasteiger partial charge is 0.330 e. The van der Waals surface area contributed by atoms with Gasteiger partial charge < -0.3 is 4.74 Å². The van der Waals surface area contributed by atoms with E-state index >= 15 is 0 Å². The molecule has 0 amide bonds.